The van der Waals surface area contributed by atoms with E-state index in [0.29, 0.717) is 53.0 Å². The van der Waals surface area contributed by atoms with Gasteiger partial charge in [0.05, 0.1) is 6.10 Å². The minimum absolute atomic E-state index is 0.148. The van der Waals surface area contributed by atoms with E-state index in [1.54, 1.807) is 24.4 Å². The summed E-state index contributed by atoms with van der Waals surface area (Å²) >= 11 is -0.568. The summed E-state index contributed by atoms with van der Waals surface area (Å²) in [6, 6.07) is 16.2. The molecule has 0 spiro atoms. The molecule has 10 nitrogen and oxygen atoms in total. The second-order valence-electron chi connectivity index (χ2n) is 13.7. The number of ether oxygens (including phenoxy) is 2. The van der Waals surface area contributed by atoms with E-state index >= 15 is 0 Å². The van der Waals surface area contributed by atoms with Crippen LogP contribution < -0.4 is 31.9 Å². The van der Waals surface area contributed by atoms with Crippen molar-refractivity contribution in [2.24, 2.45) is 16.6 Å². The second-order valence-corrected chi connectivity index (χ2v) is 17.0. The van der Waals surface area contributed by atoms with Gasteiger partial charge in [-0.25, -0.2) is 0 Å². The van der Waals surface area contributed by atoms with E-state index < -0.39 is 21.5 Å². The summed E-state index contributed by atoms with van der Waals surface area (Å²) in [5.74, 6) is 1.72. The van der Waals surface area contributed by atoms with Crippen LogP contribution >= 0.6 is 0 Å². The zero-order valence-electron chi connectivity index (χ0n) is 29.3. The first-order valence-corrected chi connectivity index (χ1v) is 20.2. The Kier molecular flexibility index (Phi) is 14.0. The number of nitrogens with two attached hydrogens (primary N) is 1. The number of piperidine rings is 1. The molecular weight excluding hydrogens is 745 g/mol. The molecule has 2 aromatic carbocycles. The number of methoxy groups -OCH3 is 1. The van der Waals surface area contributed by atoms with Crippen LogP contribution in [0.4, 0.5) is 10.5 Å². The first-order valence-electron chi connectivity index (χ1n) is 18.0. The maximum absolute atomic E-state index is 12.5. The molecule has 3 aliphatic rings. The molecule has 1 atom stereocenters. The van der Waals surface area contributed by atoms with Gasteiger partial charge in [0, 0.05) is 13.1 Å². The van der Waals surface area contributed by atoms with E-state index in [1.807, 2.05) is 31.2 Å². The van der Waals surface area contributed by atoms with Crippen molar-refractivity contribution >= 4 is 29.5 Å². The average molecular weight is 798 g/mol. The number of hydrogen-bond donors (Lipinski definition) is 3. The number of nitrogens with zero attached hydrogens (tertiary/aromatic N) is 4. The van der Waals surface area contributed by atoms with Gasteiger partial charge in [-0.05, 0) is 12.8 Å². The third kappa shape index (κ3) is 10.00. The number of alkyl halides is 1. The average Bonchev–Trinajstić information content (AvgIpc) is 3.16. The Balaban J connectivity index is 1.27. The molecule has 11 heteroatoms. The van der Waals surface area contributed by atoms with Gasteiger partial charge in [-0.2, -0.15) is 0 Å². The number of aliphatic hydroxyl groups excluding tert-OH is 2. The molecule has 1 heterocycles. The van der Waals surface area contributed by atoms with Crippen LogP contribution in [-0.2, 0) is 4.74 Å². The summed E-state index contributed by atoms with van der Waals surface area (Å²) in [4.78, 5) is 18.7. The van der Waals surface area contributed by atoms with Crippen molar-refractivity contribution in [1.82, 2.24) is 4.90 Å². The maximum atomic E-state index is 12.5. The third-order valence-electron chi connectivity index (χ3n) is 10.1. The van der Waals surface area contributed by atoms with Gasteiger partial charge in [0.25, 0.3) is 0 Å². The Morgan fingerprint density at radius 3 is 2.52 bits per heavy atom. The molecule has 1 aliphatic heterocycles. The Morgan fingerprint density at radius 2 is 1.84 bits per heavy atom. The molecule has 270 valence electrons. The van der Waals surface area contributed by atoms with E-state index in [2.05, 4.69) is 32.0 Å². The Morgan fingerprint density at radius 1 is 1.10 bits per heavy atom. The Bertz CT molecular complexity index is 1580. The van der Waals surface area contributed by atoms with E-state index in [4.69, 9.17) is 15.2 Å². The number of carbonyl (C=O) groups excluding carboxylic acids is 1. The van der Waals surface area contributed by atoms with Gasteiger partial charge in [-0.1, -0.05) is 0 Å². The third-order valence-corrected chi connectivity index (χ3v) is 13.7. The molecule has 1 saturated heterocycles. The standard InChI is InChI=1S/C39H52IN5O5/c1-27(26-50-39(48)44-19-17-36(46)18-20-44)43-25-33(24-42)30-9-6-10-35(22-30)45(38(47)29-7-4-3-5-8-29)40-34-14-11-28(12-15-34)31-13-16-37(49-2)32(21-31)23-41/h6,9-10,13,16,21-22,24-25,27-29,34,36,46-47H,3-5,7-8,11-12,14-15,17-20,26,42H2,1-2H3/b33-24+,43-25?,45-38-. The van der Waals surface area contributed by atoms with Crippen LogP contribution in [0.25, 0.3) is 5.57 Å². The molecule has 0 radical (unpaired) electrons. The van der Waals surface area contributed by atoms with Crippen LogP contribution in [0.2, 0.25) is 0 Å². The summed E-state index contributed by atoms with van der Waals surface area (Å²) in [6.07, 6.45) is 13.5. The normalized spacial score (nSPS) is 22.2. The van der Waals surface area contributed by atoms with Crippen LogP contribution in [0.1, 0.15) is 100 Å². The van der Waals surface area contributed by atoms with Crippen LogP contribution in [0, 0.1) is 17.2 Å². The fourth-order valence-corrected chi connectivity index (χ4v) is 10.4. The Hall–Kier alpha value is -3.63. The number of amides is 1. The number of aliphatic imine (C=N–C) groups is 1. The van der Waals surface area contributed by atoms with Crippen molar-refractivity contribution in [1.29, 1.82) is 5.26 Å². The Labute approximate surface area is 307 Å². The molecule has 0 bridgehead atoms. The van der Waals surface area contributed by atoms with Gasteiger partial charge in [0.15, 0.2) is 0 Å². The monoisotopic (exact) mass is 797 g/mol. The van der Waals surface area contributed by atoms with E-state index in [-0.39, 0.29) is 30.8 Å². The molecule has 0 aromatic heterocycles. The van der Waals surface area contributed by atoms with Crippen molar-refractivity contribution in [3.8, 4) is 11.8 Å². The van der Waals surface area contributed by atoms with Crippen molar-refractivity contribution in [2.75, 3.05) is 26.8 Å². The number of allylic oxidation sites excluding steroid dienone is 1. The predicted molar refractivity (Wildman–Crippen MR) is 192 cm³/mol. The van der Waals surface area contributed by atoms with Crippen LogP contribution in [0.3, 0.4) is 0 Å². The van der Waals surface area contributed by atoms with Gasteiger partial charge in [0.2, 0.25) is 0 Å². The zero-order chi connectivity index (χ0) is 35.5. The number of halogens is 1. The molecule has 1 unspecified atom stereocenters. The molecular formula is C39H52IN5O5. The summed E-state index contributed by atoms with van der Waals surface area (Å²) in [5, 5.41) is 31.1. The molecule has 4 N–H and O–H groups in total. The minimum atomic E-state index is -0.568. The van der Waals surface area contributed by atoms with Gasteiger partial charge in [0.1, 0.15) is 0 Å². The zero-order valence-corrected chi connectivity index (χ0v) is 31.5. The van der Waals surface area contributed by atoms with Crippen LogP contribution in [0.15, 0.2) is 53.7 Å². The first kappa shape index (κ1) is 37.6. The van der Waals surface area contributed by atoms with Crippen LogP contribution in [-0.4, -0.2) is 79.0 Å². The number of benzene rings is 2. The van der Waals surface area contributed by atoms with Crippen LogP contribution in [0.5, 0.6) is 5.75 Å². The van der Waals surface area contributed by atoms with Crippen molar-refractivity contribution in [3.63, 3.8) is 0 Å². The number of carbonyl (C=O) groups is 1. The fourth-order valence-electron chi connectivity index (χ4n) is 7.05. The molecule has 1 amide bonds. The second kappa shape index (κ2) is 18.6. The fraction of sp³-hybridized carbons (Fsp3) is 0.538. The van der Waals surface area contributed by atoms with Gasteiger partial charge < -0.3 is 5.11 Å². The number of hydrogen-bond acceptors (Lipinski definition) is 7. The quantitative estimate of drug-likeness (QED) is 0.103. The molecule has 2 aliphatic carbocycles. The van der Waals surface area contributed by atoms with Gasteiger partial charge >= 0.3 is 271 Å². The number of aliphatic hydroxyl groups is 2. The molecule has 50 heavy (non-hydrogen) atoms. The topological polar surface area (TPSA) is 144 Å². The SMILES string of the molecule is COc1ccc(C2CCC([I-]/[N+](=C(\O)C3CCCCC3)c3cccc(/C(C=NC(C)COC(=O)N4CCC(O)CC4)=C/N)c3)CC2)cc1C#N. The van der Waals surface area contributed by atoms with E-state index in [9.17, 15) is 20.3 Å². The van der Waals surface area contributed by atoms with Crippen molar-refractivity contribution in [3.05, 3.63) is 65.4 Å². The van der Waals surface area contributed by atoms with Crippen molar-refractivity contribution < 1.29 is 48.7 Å². The van der Waals surface area contributed by atoms with Gasteiger partial charge in [-0.3, -0.25) is 0 Å². The molecule has 5 rings (SSSR count). The molecule has 2 saturated carbocycles. The summed E-state index contributed by atoms with van der Waals surface area (Å²) in [5.41, 5.74) is 10.6. The van der Waals surface area contributed by atoms with E-state index in [0.717, 1.165) is 68.2 Å². The summed E-state index contributed by atoms with van der Waals surface area (Å²) < 4.78 is 13.6. The number of nitriles is 1. The molecule has 2 aromatic rings. The number of likely N-dealkylation sites (tertiary alicyclic amines) is 1. The van der Waals surface area contributed by atoms with Gasteiger partial charge in [-0.15, -0.1) is 0 Å². The molecule has 3 fully saturated rings. The summed E-state index contributed by atoms with van der Waals surface area (Å²) in [6.45, 7) is 3.03. The van der Waals surface area contributed by atoms with E-state index in [1.165, 1.54) is 12.0 Å². The van der Waals surface area contributed by atoms with Crippen molar-refractivity contribution in [2.45, 2.75) is 99.5 Å². The first-order chi connectivity index (χ1) is 24.3. The summed E-state index contributed by atoms with van der Waals surface area (Å²) in [7, 11) is 1.60. The predicted octanol–water partition coefficient (Wildman–Crippen LogP) is 3.83. The number of rotatable bonds is 11.